The number of anilines is 1. The lowest BCUT2D eigenvalue weighted by Crippen LogP contribution is -2.51. The first-order chi connectivity index (χ1) is 11.5. The molecule has 3 rings (SSSR count). The number of aliphatic hydroxyl groups excluding tert-OH is 1. The number of halogens is 1. The Kier molecular flexibility index (Phi) is 4.85. The summed E-state index contributed by atoms with van der Waals surface area (Å²) >= 11 is 0. The molecule has 24 heavy (non-hydrogen) atoms. The van der Waals surface area contributed by atoms with Gasteiger partial charge in [0.15, 0.2) is 5.78 Å². The molecule has 0 spiro atoms. The maximum Gasteiger partial charge on any atom is 0.228 e. The van der Waals surface area contributed by atoms with Crippen LogP contribution < -0.4 is 4.90 Å². The van der Waals surface area contributed by atoms with Crippen molar-refractivity contribution >= 4 is 17.4 Å². The van der Waals surface area contributed by atoms with Crippen LogP contribution in [-0.4, -0.2) is 54.0 Å². The van der Waals surface area contributed by atoms with Crippen molar-refractivity contribution in [2.75, 3.05) is 31.1 Å². The number of benzene rings is 1. The zero-order chi connectivity index (χ0) is 17.3. The normalized spacial score (nSPS) is 24.3. The van der Waals surface area contributed by atoms with Crippen LogP contribution in [0, 0.1) is 11.7 Å². The Hall–Kier alpha value is -1.95. The van der Waals surface area contributed by atoms with E-state index in [2.05, 4.69) is 0 Å². The number of aliphatic hydroxyl groups is 1. The Morgan fingerprint density at radius 1 is 1.17 bits per heavy atom. The number of carbonyl (C=O) groups excluding carboxylic acids is 2. The Morgan fingerprint density at radius 2 is 1.88 bits per heavy atom. The number of carbonyl (C=O) groups is 2. The smallest absolute Gasteiger partial charge is 0.228 e. The Bertz CT molecular complexity index is 641. The molecule has 1 aliphatic carbocycles. The molecule has 6 heteroatoms. The van der Waals surface area contributed by atoms with Gasteiger partial charge in [-0.25, -0.2) is 4.39 Å². The van der Waals surface area contributed by atoms with Gasteiger partial charge < -0.3 is 14.9 Å². The summed E-state index contributed by atoms with van der Waals surface area (Å²) in [5.74, 6) is -0.824. The first kappa shape index (κ1) is 16.9. The lowest BCUT2D eigenvalue weighted by atomic mass is 10.0. The zero-order valence-electron chi connectivity index (χ0n) is 13.9. The van der Waals surface area contributed by atoms with Gasteiger partial charge in [0.25, 0.3) is 0 Å². The van der Waals surface area contributed by atoms with Crippen LogP contribution in [0.5, 0.6) is 0 Å². The summed E-state index contributed by atoms with van der Waals surface area (Å²) in [6.45, 7) is 3.55. The number of amides is 1. The second-order valence-electron chi connectivity index (χ2n) is 6.64. The fraction of sp³-hybridized carbons (Fsp3) is 0.556. The molecule has 2 fully saturated rings. The quantitative estimate of drug-likeness (QED) is 0.857. The van der Waals surface area contributed by atoms with Crippen LogP contribution in [0.2, 0.25) is 0 Å². The largest absolute Gasteiger partial charge is 0.392 e. The molecule has 1 aliphatic heterocycles. The molecular formula is C18H23FN2O3. The van der Waals surface area contributed by atoms with Gasteiger partial charge in [-0.3, -0.25) is 9.59 Å². The van der Waals surface area contributed by atoms with Gasteiger partial charge >= 0.3 is 0 Å². The number of hydrogen-bond donors (Lipinski definition) is 1. The minimum atomic E-state index is -0.521. The van der Waals surface area contributed by atoms with E-state index in [1.807, 2.05) is 4.90 Å². The van der Waals surface area contributed by atoms with Crippen molar-refractivity contribution in [2.45, 2.75) is 32.3 Å². The van der Waals surface area contributed by atoms with E-state index < -0.39 is 11.9 Å². The molecule has 1 heterocycles. The fourth-order valence-electron chi connectivity index (χ4n) is 3.61. The highest BCUT2D eigenvalue weighted by Gasteiger charge is 2.35. The topological polar surface area (TPSA) is 60.9 Å². The van der Waals surface area contributed by atoms with E-state index in [1.165, 1.54) is 13.0 Å². The van der Waals surface area contributed by atoms with Crippen LogP contribution >= 0.6 is 0 Å². The Morgan fingerprint density at radius 3 is 2.42 bits per heavy atom. The molecule has 0 bridgehead atoms. The van der Waals surface area contributed by atoms with Crippen LogP contribution in [0.25, 0.3) is 0 Å². The van der Waals surface area contributed by atoms with E-state index in [4.69, 9.17) is 0 Å². The Balaban J connectivity index is 1.63. The third-order valence-electron chi connectivity index (χ3n) is 5.08. The average molecular weight is 334 g/mol. The molecular weight excluding hydrogens is 311 g/mol. The SMILES string of the molecule is CC(=O)c1ccc(N2CCN(C(=O)C3CCCC3O)CC2)c(F)c1. The summed E-state index contributed by atoms with van der Waals surface area (Å²) in [4.78, 5) is 27.5. The molecule has 1 saturated carbocycles. The zero-order valence-corrected chi connectivity index (χ0v) is 13.9. The second kappa shape index (κ2) is 6.89. The van der Waals surface area contributed by atoms with Crippen molar-refractivity contribution in [1.29, 1.82) is 0 Å². The van der Waals surface area contributed by atoms with E-state index >= 15 is 0 Å². The van der Waals surface area contributed by atoms with Crippen LogP contribution in [0.15, 0.2) is 18.2 Å². The molecule has 1 saturated heterocycles. The number of Topliss-reactive ketones (excluding diaryl/α,β-unsaturated/α-hetero) is 1. The molecule has 2 aliphatic rings. The molecule has 2 atom stereocenters. The minimum absolute atomic E-state index is 0.0204. The molecule has 1 N–H and O–H groups in total. The molecule has 0 aromatic heterocycles. The highest BCUT2D eigenvalue weighted by molar-refractivity contribution is 5.94. The maximum atomic E-state index is 14.2. The number of ketones is 1. The first-order valence-electron chi connectivity index (χ1n) is 8.49. The lowest BCUT2D eigenvalue weighted by Gasteiger charge is -2.37. The van der Waals surface area contributed by atoms with Gasteiger partial charge in [-0.1, -0.05) is 0 Å². The van der Waals surface area contributed by atoms with Gasteiger partial charge in [0, 0.05) is 31.7 Å². The summed E-state index contributed by atoms with van der Waals surface area (Å²) in [5.41, 5.74) is 0.827. The minimum Gasteiger partial charge on any atom is -0.392 e. The molecule has 0 radical (unpaired) electrons. The van der Waals surface area contributed by atoms with Gasteiger partial charge in [-0.2, -0.15) is 0 Å². The van der Waals surface area contributed by atoms with E-state index in [0.717, 1.165) is 12.8 Å². The standard InChI is InChI=1S/C18H23FN2O3/c1-12(22)13-5-6-16(15(19)11-13)20-7-9-21(10-8-20)18(24)14-3-2-4-17(14)23/h5-6,11,14,17,23H,2-4,7-10H2,1H3. The fourth-order valence-corrected chi connectivity index (χ4v) is 3.61. The summed E-state index contributed by atoms with van der Waals surface area (Å²) in [6, 6.07) is 4.53. The Labute approximate surface area is 141 Å². The van der Waals surface area contributed by atoms with Crippen LogP contribution in [0.3, 0.4) is 0 Å². The number of piperazine rings is 1. The monoisotopic (exact) mass is 334 g/mol. The molecule has 2 unspecified atom stereocenters. The highest BCUT2D eigenvalue weighted by atomic mass is 19.1. The van der Waals surface area contributed by atoms with E-state index in [9.17, 15) is 19.1 Å². The molecule has 1 aromatic rings. The van der Waals surface area contributed by atoms with Crippen LogP contribution in [0.4, 0.5) is 10.1 Å². The van der Waals surface area contributed by atoms with E-state index in [-0.39, 0.29) is 17.6 Å². The summed E-state index contributed by atoms with van der Waals surface area (Å²) < 4.78 is 14.2. The van der Waals surface area contributed by atoms with Crippen molar-refractivity contribution in [3.63, 3.8) is 0 Å². The summed E-state index contributed by atoms with van der Waals surface area (Å²) in [7, 11) is 0. The van der Waals surface area contributed by atoms with Crippen molar-refractivity contribution in [1.82, 2.24) is 4.90 Å². The number of nitrogens with zero attached hydrogens (tertiary/aromatic N) is 2. The number of hydrogen-bond acceptors (Lipinski definition) is 4. The van der Waals surface area contributed by atoms with Crippen molar-refractivity contribution < 1.29 is 19.1 Å². The van der Waals surface area contributed by atoms with Gasteiger partial charge in [0.2, 0.25) is 5.91 Å². The van der Waals surface area contributed by atoms with Crippen LogP contribution in [0.1, 0.15) is 36.5 Å². The highest BCUT2D eigenvalue weighted by Crippen LogP contribution is 2.28. The molecule has 130 valence electrons. The maximum absolute atomic E-state index is 14.2. The molecule has 1 aromatic carbocycles. The first-order valence-corrected chi connectivity index (χ1v) is 8.49. The second-order valence-corrected chi connectivity index (χ2v) is 6.64. The lowest BCUT2D eigenvalue weighted by molar-refractivity contribution is -0.138. The molecule has 1 amide bonds. The van der Waals surface area contributed by atoms with Gasteiger partial charge in [0.05, 0.1) is 17.7 Å². The van der Waals surface area contributed by atoms with E-state index in [0.29, 0.717) is 43.9 Å². The predicted molar refractivity (Wildman–Crippen MR) is 88.5 cm³/mol. The summed E-state index contributed by atoms with van der Waals surface area (Å²) in [5, 5.41) is 9.89. The van der Waals surface area contributed by atoms with Gasteiger partial charge in [-0.05, 0) is 44.4 Å². The van der Waals surface area contributed by atoms with Crippen molar-refractivity contribution in [3.8, 4) is 0 Å². The van der Waals surface area contributed by atoms with Crippen molar-refractivity contribution in [3.05, 3.63) is 29.6 Å². The third kappa shape index (κ3) is 3.29. The summed E-state index contributed by atoms with van der Waals surface area (Å²) in [6.07, 6.45) is 1.82. The predicted octanol–water partition coefficient (Wildman–Crippen LogP) is 1.84. The average Bonchev–Trinajstić information content (AvgIpc) is 3.00. The van der Waals surface area contributed by atoms with E-state index in [1.54, 1.807) is 17.0 Å². The third-order valence-corrected chi connectivity index (χ3v) is 5.08. The molecule has 5 nitrogen and oxygen atoms in total. The van der Waals surface area contributed by atoms with Gasteiger partial charge in [-0.15, -0.1) is 0 Å². The van der Waals surface area contributed by atoms with Crippen molar-refractivity contribution in [2.24, 2.45) is 5.92 Å². The number of rotatable bonds is 3. The van der Waals surface area contributed by atoms with Crippen LogP contribution in [-0.2, 0) is 4.79 Å². The van der Waals surface area contributed by atoms with Gasteiger partial charge in [0.1, 0.15) is 5.82 Å².